The SMILES string of the molecule is C[C@@H](NCc1nnc(C2CC2)o1)c1ccc(-n2ccnn2)cc1. The highest BCUT2D eigenvalue weighted by molar-refractivity contribution is 5.34. The highest BCUT2D eigenvalue weighted by Crippen LogP contribution is 2.38. The average molecular weight is 310 g/mol. The van der Waals surface area contributed by atoms with Crippen molar-refractivity contribution in [2.24, 2.45) is 0 Å². The first-order chi connectivity index (χ1) is 11.3. The maximum atomic E-state index is 5.66. The first kappa shape index (κ1) is 14.1. The van der Waals surface area contributed by atoms with Crippen LogP contribution in [0.25, 0.3) is 5.69 Å². The molecule has 1 aliphatic rings. The summed E-state index contributed by atoms with van der Waals surface area (Å²) in [6, 6.07) is 8.41. The summed E-state index contributed by atoms with van der Waals surface area (Å²) in [6.45, 7) is 2.69. The van der Waals surface area contributed by atoms with Crippen LogP contribution in [-0.2, 0) is 6.54 Å². The van der Waals surface area contributed by atoms with Gasteiger partial charge in [0.1, 0.15) is 0 Å². The Morgan fingerprint density at radius 1 is 1.26 bits per heavy atom. The molecular formula is C16H18N6O. The van der Waals surface area contributed by atoms with E-state index >= 15 is 0 Å². The Morgan fingerprint density at radius 2 is 2.09 bits per heavy atom. The van der Waals surface area contributed by atoms with Crippen LogP contribution in [0.3, 0.4) is 0 Å². The van der Waals surface area contributed by atoms with Crippen molar-refractivity contribution in [3.63, 3.8) is 0 Å². The van der Waals surface area contributed by atoms with Crippen LogP contribution in [0.15, 0.2) is 41.1 Å². The molecule has 4 rings (SSSR count). The summed E-state index contributed by atoms with van der Waals surface area (Å²) in [4.78, 5) is 0. The quantitative estimate of drug-likeness (QED) is 0.753. The van der Waals surface area contributed by atoms with Gasteiger partial charge in [-0.15, -0.1) is 15.3 Å². The Hall–Kier alpha value is -2.54. The van der Waals surface area contributed by atoms with Crippen molar-refractivity contribution in [2.45, 2.75) is 38.3 Å². The summed E-state index contributed by atoms with van der Waals surface area (Å²) in [5.41, 5.74) is 2.18. The monoisotopic (exact) mass is 310 g/mol. The van der Waals surface area contributed by atoms with Crippen LogP contribution in [0.4, 0.5) is 0 Å². The zero-order chi connectivity index (χ0) is 15.6. The van der Waals surface area contributed by atoms with E-state index in [-0.39, 0.29) is 6.04 Å². The largest absolute Gasteiger partial charge is 0.424 e. The molecule has 7 heteroatoms. The van der Waals surface area contributed by atoms with Gasteiger partial charge >= 0.3 is 0 Å². The van der Waals surface area contributed by atoms with Crippen molar-refractivity contribution in [1.29, 1.82) is 0 Å². The average Bonchev–Trinajstić information content (AvgIpc) is 3.11. The molecule has 23 heavy (non-hydrogen) atoms. The minimum atomic E-state index is 0.191. The molecule has 0 unspecified atom stereocenters. The number of nitrogens with zero attached hydrogens (tertiary/aromatic N) is 5. The van der Waals surface area contributed by atoms with Crippen LogP contribution >= 0.6 is 0 Å². The Kier molecular flexibility index (Phi) is 3.63. The van der Waals surface area contributed by atoms with Crippen LogP contribution in [-0.4, -0.2) is 25.2 Å². The van der Waals surface area contributed by atoms with Gasteiger partial charge in [0.05, 0.1) is 24.6 Å². The second-order valence-corrected chi connectivity index (χ2v) is 5.85. The first-order valence-corrected chi connectivity index (χ1v) is 7.82. The number of hydrogen-bond donors (Lipinski definition) is 1. The van der Waals surface area contributed by atoms with E-state index in [0.717, 1.165) is 11.6 Å². The third-order valence-electron chi connectivity index (χ3n) is 4.05. The van der Waals surface area contributed by atoms with Crippen LogP contribution in [0.1, 0.15) is 49.1 Å². The van der Waals surface area contributed by atoms with Crippen molar-refractivity contribution in [2.75, 3.05) is 0 Å². The van der Waals surface area contributed by atoms with E-state index in [1.807, 2.05) is 18.3 Å². The summed E-state index contributed by atoms with van der Waals surface area (Å²) in [7, 11) is 0. The maximum Gasteiger partial charge on any atom is 0.230 e. The van der Waals surface area contributed by atoms with E-state index in [4.69, 9.17) is 4.42 Å². The van der Waals surface area contributed by atoms with E-state index in [2.05, 4.69) is 44.9 Å². The molecule has 0 aliphatic heterocycles. The van der Waals surface area contributed by atoms with Gasteiger partial charge in [-0.25, -0.2) is 4.68 Å². The summed E-state index contributed by atoms with van der Waals surface area (Å²) in [5.74, 6) is 1.93. The van der Waals surface area contributed by atoms with Crippen LogP contribution in [0.5, 0.6) is 0 Å². The Balaban J connectivity index is 1.37. The van der Waals surface area contributed by atoms with Gasteiger partial charge in [0.25, 0.3) is 0 Å². The molecule has 0 saturated heterocycles. The fourth-order valence-electron chi connectivity index (χ4n) is 2.45. The van der Waals surface area contributed by atoms with Gasteiger partial charge < -0.3 is 9.73 Å². The van der Waals surface area contributed by atoms with E-state index in [0.29, 0.717) is 18.4 Å². The zero-order valence-corrected chi connectivity index (χ0v) is 12.9. The first-order valence-electron chi connectivity index (χ1n) is 7.82. The van der Waals surface area contributed by atoms with Crippen molar-refractivity contribution < 1.29 is 4.42 Å². The molecule has 0 bridgehead atoms. The van der Waals surface area contributed by atoms with Crippen molar-refractivity contribution in [3.05, 3.63) is 54.0 Å². The normalized spacial score (nSPS) is 15.7. The van der Waals surface area contributed by atoms with E-state index in [1.165, 1.54) is 18.4 Å². The maximum absolute atomic E-state index is 5.66. The minimum Gasteiger partial charge on any atom is -0.424 e. The Morgan fingerprint density at radius 3 is 2.78 bits per heavy atom. The third kappa shape index (κ3) is 3.14. The second-order valence-electron chi connectivity index (χ2n) is 5.85. The minimum absolute atomic E-state index is 0.191. The number of aromatic nitrogens is 5. The predicted octanol–water partition coefficient (Wildman–Crippen LogP) is 2.38. The summed E-state index contributed by atoms with van der Waals surface area (Å²) < 4.78 is 7.39. The molecule has 1 fully saturated rings. The van der Waals surface area contributed by atoms with Crippen molar-refractivity contribution in [1.82, 2.24) is 30.5 Å². The van der Waals surface area contributed by atoms with Gasteiger partial charge in [0.15, 0.2) is 0 Å². The number of hydrogen-bond acceptors (Lipinski definition) is 6. The van der Waals surface area contributed by atoms with Crippen LogP contribution in [0.2, 0.25) is 0 Å². The molecule has 1 saturated carbocycles. The van der Waals surface area contributed by atoms with Gasteiger partial charge in [0, 0.05) is 12.0 Å². The molecule has 0 amide bonds. The van der Waals surface area contributed by atoms with Gasteiger partial charge in [-0.05, 0) is 37.5 Å². The lowest BCUT2D eigenvalue weighted by Gasteiger charge is -2.13. The molecule has 2 aromatic heterocycles. The van der Waals surface area contributed by atoms with Gasteiger partial charge in [0.2, 0.25) is 11.8 Å². The second kappa shape index (κ2) is 5.92. The highest BCUT2D eigenvalue weighted by Gasteiger charge is 2.29. The summed E-state index contributed by atoms with van der Waals surface area (Å²) in [6.07, 6.45) is 5.83. The van der Waals surface area contributed by atoms with Crippen molar-refractivity contribution >= 4 is 0 Å². The van der Waals surface area contributed by atoms with Crippen molar-refractivity contribution in [3.8, 4) is 5.69 Å². The van der Waals surface area contributed by atoms with Gasteiger partial charge in [-0.1, -0.05) is 17.3 Å². The topological polar surface area (TPSA) is 81.7 Å². The summed E-state index contributed by atoms with van der Waals surface area (Å²) in [5, 5.41) is 19.4. The van der Waals surface area contributed by atoms with E-state index in [1.54, 1.807) is 10.9 Å². The molecule has 0 spiro atoms. The molecule has 1 atom stereocenters. The zero-order valence-electron chi connectivity index (χ0n) is 12.9. The van der Waals surface area contributed by atoms with Gasteiger partial charge in [-0.2, -0.15) is 0 Å². The highest BCUT2D eigenvalue weighted by atomic mass is 16.4. The molecule has 1 aliphatic carbocycles. The molecule has 118 valence electrons. The number of benzene rings is 1. The standard InChI is InChI=1S/C16H18N6O/c1-11(17-10-15-19-20-16(23-15)13-2-3-13)12-4-6-14(7-5-12)22-9-8-18-21-22/h4-9,11,13,17H,2-3,10H2,1H3/t11-/m1/s1. The fourth-order valence-corrected chi connectivity index (χ4v) is 2.45. The summed E-state index contributed by atoms with van der Waals surface area (Å²) >= 11 is 0. The molecule has 1 aromatic carbocycles. The number of nitrogens with one attached hydrogen (secondary N) is 1. The van der Waals surface area contributed by atoms with Crippen LogP contribution < -0.4 is 5.32 Å². The Labute approximate surface area is 133 Å². The lowest BCUT2D eigenvalue weighted by atomic mass is 10.1. The molecule has 7 nitrogen and oxygen atoms in total. The lowest BCUT2D eigenvalue weighted by Crippen LogP contribution is -2.18. The number of rotatable bonds is 6. The predicted molar refractivity (Wildman–Crippen MR) is 82.9 cm³/mol. The molecule has 0 radical (unpaired) electrons. The Bertz CT molecular complexity index is 760. The smallest absolute Gasteiger partial charge is 0.230 e. The van der Waals surface area contributed by atoms with Crippen LogP contribution in [0, 0.1) is 0 Å². The molecule has 2 heterocycles. The molecular weight excluding hydrogens is 292 g/mol. The van der Waals surface area contributed by atoms with E-state index < -0.39 is 0 Å². The van der Waals surface area contributed by atoms with Gasteiger partial charge in [-0.3, -0.25) is 0 Å². The molecule has 1 N–H and O–H groups in total. The van der Waals surface area contributed by atoms with E-state index in [9.17, 15) is 0 Å². The fraction of sp³-hybridized carbons (Fsp3) is 0.375. The lowest BCUT2D eigenvalue weighted by molar-refractivity contribution is 0.419. The third-order valence-corrected chi connectivity index (χ3v) is 4.05. The molecule has 3 aromatic rings.